The van der Waals surface area contributed by atoms with Crippen molar-refractivity contribution < 1.29 is 9.59 Å². The molecule has 0 spiro atoms. The Labute approximate surface area is 89.7 Å². The van der Waals surface area contributed by atoms with Crippen LogP contribution in [0.25, 0.3) is 0 Å². The van der Waals surface area contributed by atoms with E-state index in [0.717, 1.165) is 5.56 Å². The molecule has 1 rings (SSSR count). The number of rotatable bonds is 3. The van der Waals surface area contributed by atoms with E-state index in [0.29, 0.717) is 5.56 Å². The molecule has 1 aromatic carbocycles. The van der Waals surface area contributed by atoms with Crippen LogP contribution in [-0.2, 0) is 4.79 Å². The normalized spacial score (nSPS) is 9.80. The first-order valence-electron chi connectivity index (χ1n) is 4.80. The summed E-state index contributed by atoms with van der Waals surface area (Å²) in [7, 11) is 3.29. The Morgan fingerprint density at radius 3 is 2.13 bits per heavy atom. The molecule has 0 aliphatic rings. The van der Waals surface area contributed by atoms with E-state index in [1.165, 1.54) is 4.90 Å². The number of nitrogens with zero attached hydrogens (tertiary/aromatic N) is 1. The largest absolute Gasteiger partial charge is 0.348 e. The van der Waals surface area contributed by atoms with Crippen LogP contribution in [0.4, 0.5) is 0 Å². The standard InChI is InChI=1S/C12H15NO2/c1-9-4-6-10(7-5-9)11(14)8-12(15)13(2)3/h4-7H,8H2,1-3H3. The van der Waals surface area contributed by atoms with Gasteiger partial charge in [-0.3, -0.25) is 9.59 Å². The van der Waals surface area contributed by atoms with Crippen LogP contribution in [0.15, 0.2) is 24.3 Å². The van der Waals surface area contributed by atoms with Crippen molar-refractivity contribution in [2.75, 3.05) is 14.1 Å². The van der Waals surface area contributed by atoms with Crippen molar-refractivity contribution in [3.8, 4) is 0 Å². The lowest BCUT2D eigenvalue weighted by atomic mass is 10.1. The molecule has 0 bridgehead atoms. The van der Waals surface area contributed by atoms with E-state index >= 15 is 0 Å². The Morgan fingerprint density at radius 2 is 1.67 bits per heavy atom. The maximum absolute atomic E-state index is 11.6. The van der Waals surface area contributed by atoms with E-state index < -0.39 is 0 Å². The van der Waals surface area contributed by atoms with Crippen LogP contribution in [0.5, 0.6) is 0 Å². The summed E-state index contributed by atoms with van der Waals surface area (Å²) >= 11 is 0. The van der Waals surface area contributed by atoms with E-state index in [4.69, 9.17) is 0 Å². The van der Waals surface area contributed by atoms with Crippen molar-refractivity contribution in [1.29, 1.82) is 0 Å². The molecule has 0 radical (unpaired) electrons. The Kier molecular flexibility index (Phi) is 3.61. The van der Waals surface area contributed by atoms with Gasteiger partial charge in [-0.05, 0) is 6.92 Å². The Morgan fingerprint density at radius 1 is 1.13 bits per heavy atom. The number of hydrogen-bond donors (Lipinski definition) is 0. The molecule has 1 aromatic rings. The Balaban J connectivity index is 2.69. The third kappa shape index (κ3) is 3.20. The maximum atomic E-state index is 11.6. The van der Waals surface area contributed by atoms with Crippen molar-refractivity contribution >= 4 is 11.7 Å². The van der Waals surface area contributed by atoms with Gasteiger partial charge in [0, 0.05) is 19.7 Å². The van der Waals surface area contributed by atoms with Crippen LogP contribution in [0.1, 0.15) is 22.3 Å². The number of carbonyl (C=O) groups excluding carboxylic acids is 2. The highest BCUT2D eigenvalue weighted by Gasteiger charge is 2.12. The van der Waals surface area contributed by atoms with E-state index in [1.54, 1.807) is 26.2 Å². The van der Waals surface area contributed by atoms with Crippen molar-refractivity contribution in [3.05, 3.63) is 35.4 Å². The van der Waals surface area contributed by atoms with Gasteiger partial charge in [0.15, 0.2) is 5.78 Å². The van der Waals surface area contributed by atoms with Gasteiger partial charge in [0.1, 0.15) is 0 Å². The predicted octanol–water partition coefficient (Wildman–Crippen LogP) is 1.66. The molecule has 0 saturated heterocycles. The van der Waals surface area contributed by atoms with Crippen LogP contribution >= 0.6 is 0 Å². The molecular weight excluding hydrogens is 190 g/mol. The summed E-state index contributed by atoms with van der Waals surface area (Å²) in [4.78, 5) is 24.3. The van der Waals surface area contributed by atoms with Crippen LogP contribution < -0.4 is 0 Å². The topological polar surface area (TPSA) is 37.4 Å². The molecule has 0 atom stereocenters. The van der Waals surface area contributed by atoms with E-state index in [-0.39, 0.29) is 18.1 Å². The van der Waals surface area contributed by atoms with Crippen molar-refractivity contribution in [2.24, 2.45) is 0 Å². The van der Waals surface area contributed by atoms with Crippen LogP contribution in [0.3, 0.4) is 0 Å². The summed E-state index contributed by atoms with van der Waals surface area (Å²) in [6.07, 6.45) is -0.0595. The molecule has 3 nitrogen and oxygen atoms in total. The van der Waals surface area contributed by atoms with Gasteiger partial charge >= 0.3 is 0 Å². The zero-order valence-electron chi connectivity index (χ0n) is 9.28. The first-order chi connectivity index (χ1) is 7.00. The average molecular weight is 205 g/mol. The molecule has 0 fully saturated rings. The molecule has 0 saturated carbocycles. The molecule has 0 aromatic heterocycles. The minimum Gasteiger partial charge on any atom is -0.348 e. The third-order valence-corrected chi connectivity index (χ3v) is 2.18. The van der Waals surface area contributed by atoms with E-state index in [9.17, 15) is 9.59 Å². The summed E-state index contributed by atoms with van der Waals surface area (Å²) in [6, 6.07) is 7.24. The number of ketones is 1. The number of amides is 1. The quantitative estimate of drug-likeness (QED) is 0.556. The van der Waals surface area contributed by atoms with E-state index in [1.807, 2.05) is 19.1 Å². The van der Waals surface area contributed by atoms with Gasteiger partial charge in [0.25, 0.3) is 0 Å². The van der Waals surface area contributed by atoms with Crippen LogP contribution in [-0.4, -0.2) is 30.7 Å². The monoisotopic (exact) mass is 205 g/mol. The molecule has 0 aliphatic heterocycles. The van der Waals surface area contributed by atoms with Gasteiger partial charge in [0.2, 0.25) is 5.91 Å². The molecule has 80 valence electrons. The zero-order chi connectivity index (χ0) is 11.4. The summed E-state index contributed by atoms with van der Waals surface area (Å²) < 4.78 is 0. The lowest BCUT2D eigenvalue weighted by Crippen LogP contribution is -2.24. The van der Waals surface area contributed by atoms with Gasteiger partial charge in [-0.25, -0.2) is 0 Å². The minimum absolute atomic E-state index is 0.0595. The maximum Gasteiger partial charge on any atom is 0.229 e. The lowest BCUT2D eigenvalue weighted by molar-refractivity contribution is -0.127. The molecule has 0 heterocycles. The van der Waals surface area contributed by atoms with Crippen LogP contribution in [0, 0.1) is 6.92 Å². The fourth-order valence-corrected chi connectivity index (χ4v) is 1.14. The van der Waals surface area contributed by atoms with Gasteiger partial charge in [-0.1, -0.05) is 29.8 Å². The fourth-order valence-electron chi connectivity index (χ4n) is 1.14. The Hall–Kier alpha value is -1.64. The predicted molar refractivity (Wildman–Crippen MR) is 58.8 cm³/mol. The SMILES string of the molecule is Cc1ccc(C(=O)CC(=O)N(C)C)cc1. The highest BCUT2D eigenvalue weighted by Crippen LogP contribution is 2.06. The summed E-state index contributed by atoms with van der Waals surface area (Å²) in [5.41, 5.74) is 1.70. The number of hydrogen-bond acceptors (Lipinski definition) is 2. The highest BCUT2D eigenvalue weighted by molar-refractivity contribution is 6.07. The Bertz CT molecular complexity index is 366. The first-order valence-corrected chi connectivity index (χ1v) is 4.80. The molecule has 1 amide bonds. The number of benzene rings is 1. The van der Waals surface area contributed by atoms with Crippen molar-refractivity contribution in [3.63, 3.8) is 0 Å². The van der Waals surface area contributed by atoms with Gasteiger partial charge < -0.3 is 4.90 Å². The lowest BCUT2D eigenvalue weighted by Gasteiger charge is -2.09. The summed E-state index contributed by atoms with van der Waals surface area (Å²) in [5, 5.41) is 0. The third-order valence-electron chi connectivity index (χ3n) is 2.18. The van der Waals surface area contributed by atoms with Crippen LogP contribution in [0.2, 0.25) is 0 Å². The van der Waals surface area contributed by atoms with Gasteiger partial charge in [0.05, 0.1) is 6.42 Å². The second-order valence-electron chi connectivity index (χ2n) is 3.75. The zero-order valence-corrected chi connectivity index (χ0v) is 9.28. The summed E-state index contributed by atoms with van der Waals surface area (Å²) in [5.74, 6) is -0.297. The molecule has 3 heteroatoms. The smallest absolute Gasteiger partial charge is 0.229 e. The molecular formula is C12H15NO2. The summed E-state index contributed by atoms with van der Waals surface area (Å²) in [6.45, 7) is 1.96. The van der Waals surface area contributed by atoms with Crippen molar-refractivity contribution in [2.45, 2.75) is 13.3 Å². The van der Waals surface area contributed by atoms with E-state index in [2.05, 4.69) is 0 Å². The van der Waals surface area contributed by atoms with Gasteiger partial charge in [-0.2, -0.15) is 0 Å². The number of carbonyl (C=O) groups is 2. The second kappa shape index (κ2) is 4.73. The molecule has 0 aliphatic carbocycles. The minimum atomic E-state index is -0.166. The average Bonchev–Trinajstić information content (AvgIpc) is 2.18. The first kappa shape index (κ1) is 11.4. The second-order valence-corrected chi connectivity index (χ2v) is 3.75. The number of Topliss-reactive ketones (excluding diaryl/α,β-unsaturated/α-hetero) is 1. The van der Waals surface area contributed by atoms with Crippen molar-refractivity contribution in [1.82, 2.24) is 4.90 Å². The molecule has 15 heavy (non-hydrogen) atoms. The number of aryl methyl sites for hydroxylation is 1. The highest BCUT2D eigenvalue weighted by atomic mass is 16.2. The molecule has 0 unspecified atom stereocenters. The van der Waals surface area contributed by atoms with Gasteiger partial charge in [-0.15, -0.1) is 0 Å². The molecule has 0 N–H and O–H groups in total. The fraction of sp³-hybridized carbons (Fsp3) is 0.333.